The SMILES string of the molecule is CC1CC(N(C)C2CC(N)C2)CCO1. The minimum Gasteiger partial charge on any atom is -0.378 e. The van der Waals surface area contributed by atoms with E-state index in [1.165, 1.54) is 25.7 Å². The van der Waals surface area contributed by atoms with E-state index >= 15 is 0 Å². The van der Waals surface area contributed by atoms with Gasteiger partial charge in [-0.1, -0.05) is 0 Å². The molecule has 0 radical (unpaired) electrons. The van der Waals surface area contributed by atoms with Crippen LogP contribution in [0.25, 0.3) is 0 Å². The molecule has 3 nitrogen and oxygen atoms in total. The molecule has 14 heavy (non-hydrogen) atoms. The van der Waals surface area contributed by atoms with E-state index in [0.29, 0.717) is 12.1 Å². The Labute approximate surface area is 86.6 Å². The third kappa shape index (κ3) is 2.10. The Morgan fingerprint density at radius 1 is 1.21 bits per heavy atom. The number of nitrogens with two attached hydrogens (primary N) is 1. The smallest absolute Gasteiger partial charge is 0.0561 e. The van der Waals surface area contributed by atoms with Gasteiger partial charge in [-0.25, -0.2) is 0 Å². The van der Waals surface area contributed by atoms with Gasteiger partial charge in [-0.15, -0.1) is 0 Å². The Balaban J connectivity index is 1.81. The third-order valence-corrected chi connectivity index (χ3v) is 3.76. The Hall–Kier alpha value is -0.120. The van der Waals surface area contributed by atoms with Crippen molar-refractivity contribution in [3.8, 4) is 0 Å². The molecule has 1 saturated carbocycles. The zero-order chi connectivity index (χ0) is 10.1. The molecule has 2 fully saturated rings. The average molecular weight is 198 g/mol. The molecule has 1 saturated heterocycles. The van der Waals surface area contributed by atoms with Crippen molar-refractivity contribution in [2.45, 2.75) is 56.8 Å². The van der Waals surface area contributed by atoms with Crippen LogP contribution in [0.5, 0.6) is 0 Å². The molecule has 1 aliphatic carbocycles. The first-order valence-electron chi connectivity index (χ1n) is 5.76. The fourth-order valence-corrected chi connectivity index (χ4v) is 2.60. The van der Waals surface area contributed by atoms with Crippen LogP contribution in [0.4, 0.5) is 0 Å². The Bertz CT molecular complexity index is 192. The van der Waals surface area contributed by atoms with Crippen LogP contribution >= 0.6 is 0 Å². The maximum atomic E-state index is 5.81. The summed E-state index contributed by atoms with van der Waals surface area (Å²) in [4.78, 5) is 2.53. The summed E-state index contributed by atoms with van der Waals surface area (Å²) in [6.45, 7) is 3.10. The second-order valence-corrected chi connectivity index (χ2v) is 4.91. The predicted molar refractivity (Wildman–Crippen MR) is 57.2 cm³/mol. The van der Waals surface area contributed by atoms with E-state index < -0.39 is 0 Å². The molecule has 3 heteroatoms. The van der Waals surface area contributed by atoms with Crippen LogP contribution in [0.2, 0.25) is 0 Å². The van der Waals surface area contributed by atoms with E-state index in [1.807, 2.05) is 0 Å². The van der Waals surface area contributed by atoms with Gasteiger partial charge in [-0.05, 0) is 39.7 Å². The van der Waals surface area contributed by atoms with Gasteiger partial charge in [-0.3, -0.25) is 0 Å². The van der Waals surface area contributed by atoms with E-state index in [1.54, 1.807) is 0 Å². The second-order valence-electron chi connectivity index (χ2n) is 4.91. The molecule has 1 heterocycles. The highest BCUT2D eigenvalue weighted by Crippen LogP contribution is 2.28. The lowest BCUT2D eigenvalue weighted by atomic mass is 9.85. The zero-order valence-corrected chi connectivity index (χ0v) is 9.28. The molecule has 82 valence electrons. The van der Waals surface area contributed by atoms with Crippen LogP contribution in [-0.4, -0.2) is 42.8 Å². The van der Waals surface area contributed by atoms with Crippen molar-refractivity contribution in [3.05, 3.63) is 0 Å². The molecule has 0 aromatic rings. The normalized spacial score (nSPS) is 43.7. The van der Waals surface area contributed by atoms with Crippen molar-refractivity contribution in [2.75, 3.05) is 13.7 Å². The summed E-state index contributed by atoms with van der Waals surface area (Å²) in [5.41, 5.74) is 5.81. The van der Waals surface area contributed by atoms with Gasteiger partial charge in [-0.2, -0.15) is 0 Å². The largest absolute Gasteiger partial charge is 0.378 e. The second kappa shape index (κ2) is 4.17. The lowest BCUT2D eigenvalue weighted by Gasteiger charge is -2.45. The minimum atomic E-state index is 0.435. The van der Waals surface area contributed by atoms with Gasteiger partial charge < -0.3 is 15.4 Å². The van der Waals surface area contributed by atoms with E-state index in [2.05, 4.69) is 18.9 Å². The number of rotatable bonds is 2. The van der Waals surface area contributed by atoms with Crippen LogP contribution in [0, 0.1) is 0 Å². The number of hydrogen-bond donors (Lipinski definition) is 1. The Kier molecular flexibility index (Phi) is 3.10. The average Bonchev–Trinajstić information content (AvgIpc) is 2.12. The lowest BCUT2D eigenvalue weighted by Crippen LogP contribution is -2.54. The zero-order valence-electron chi connectivity index (χ0n) is 9.28. The van der Waals surface area contributed by atoms with Crippen LogP contribution in [0.15, 0.2) is 0 Å². The number of nitrogens with zero attached hydrogens (tertiary/aromatic N) is 1. The first-order valence-corrected chi connectivity index (χ1v) is 5.76. The molecule has 1 aliphatic heterocycles. The summed E-state index contributed by atoms with van der Waals surface area (Å²) in [6, 6.07) is 1.91. The van der Waals surface area contributed by atoms with Gasteiger partial charge in [0.2, 0.25) is 0 Å². The van der Waals surface area contributed by atoms with Gasteiger partial charge in [0, 0.05) is 24.7 Å². The van der Waals surface area contributed by atoms with Gasteiger partial charge in [0.1, 0.15) is 0 Å². The monoisotopic (exact) mass is 198 g/mol. The van der Waals surface area contributed by atoms with Gasteiger partial charge in [0.25, 0.3) is 0 Å². The van der Waals surface area contributed by atoms with Gasteiger partial charge in [0.15, 0.2) is 0 Å². The standard InChI is InChI=1S/C11H22N2O/c1-8-5-10(3-4-14-8)13(2)11-6-9(12)7-11/h8-11H,3-7,12H2,1-2H3. The number of hydrogen-bond acceptors (Lipinski definition) is 3. The Morgan fingerprint density at radius 3 is 2.50 bits per heavy atom. The molecule has 0 aromatic carbocycles. The fraction of sp³-hybridized carbons (Fsp3) is 1.00. The summed E-state index contributed by atoms with van der Waals surface area (Å²) < 4.78 is 5.56. The van der Waals surface area contributed by atoms with E-state index in [0.717, 1.165) is 18.7 Å². The molecule has 2 aliphatic rings. The molecule has 2 unspecified atom stereocenters. The van der Waals surface area contributed by atoms with Gasteiger partial charge in [0.05, 0.1) is 6.10 Å². The van der Waals surface area contributed by atoms with E-state index in [4.69, 9.17) is 10.5 Å². The first kappa shape index (κ1) is 10.4. The maximum absolute atomic E-state index is 5.81. The topological polar surface area (TPSA) is 38.5 Å². The highest BCUT2D eigenvalue weighted by Gasteiger charge is 2.34. The minimum absolute atomic E-state index is 0.435. The van der Waals surface area contributed by atoms with Crippen LogP contribution in [-0.2, 0) is 4.74 Å². The molecule has 0 amide bonds. The van der Waals surface area contributed by atoms with Crippen LogP contribution in [0.1, 0.15) is 32.6 Å². The van der Waals surface area contributed by atoms with Crippen molar-refractivity contribution in [1.29, 1.82) is 0 Å². The summed E-state index contributed by atoms with van der Waals surface area (Å²) in [6.07, 6.45) is 5.17. The fourth-order valence-electron chi connectivity index (χ4n) is 2.60. The van der Waals surface area contributed by atoms with E-state index in [9.17, 15) is 0 Å². The van der Waals surface area contributed by atoms with Crippen LogP contribution < -0.4 is 5.73 Å². The van der Waals surface area contributed by atoms with Crippen LogP contribution in [0.3, 0.4) is 0 Å². The molecule has 2 N–H and O–H groups in total. The quantitative estimate of drug-likeness (QED) is 0.718. The molecule has 0 spiro atoms. The molecule has 0 aromatic heterocycles. The van der Waals surface area contributed by atoms with Crippen molar-refractivity contribution in [3.63, 3.8) is 0 Å². The maximum Gasteiger partial charge on any atom is 0.0561 e. The highest BCUT2D eigenvalue weighted by molar-refractivity contribution is 4.91. The molecular weight excluding hydrogens is 176 g/mol. The van der Waals surface area contributed by atoms with Crippen molar-refractivity contribution in [2.24, 2.45) is 5.73 Å². The summed E-state index contributed by atoms with van der Waals surface area (Å²) in [5.74, 6) is 0. The van der Waals surface area contributed by atoms with E-state index in [-0.39, 0.29) is 0 Å². The molecule has 2 atom stereocenters. The predicted octanol–water partition coefficient (Wildman–Crippen LogP) is 0.975. The molecule has 2 rings (SSSR count). The van der Waals surface area contributed by atoms with Crippen molar-refractivity contribution in [1.82, 2.24) is 4.90 Å². The van der Waals surface area contributed by atoms with Crippen molar-refractivity contribution < 1.29 is 4.74 Å². The third-order valence-electron chi connectivity index (χ3n) is 3.76. The number of ether oxygens (including phenoxy) is 1. The molecule has 0 bridgehead atoms. The van der Waals surface area contributed by atoms with Crippen molar-refractivity contribution >= 4 is 0 Å². The summed E-state index contributed by atoms with van der Waals surface area (Å²) in [5, 5.41) is 0. The Morgan fingerprint density at radius 2 is 1.93 bits per heavy atom. The molecular formula is C11H22N2O. The summed E-state index contributed by atoms with van der Waals surface area (Å²) in [7, 11) is 2.25. The lowest BCUT2D eigenvalue weighted by molar-refractivity contribution is -0.0313. The van der Waals surface area contributed by atoms with Gasteiger partial charge >= 0.3 is 0 Å². The summed E-state index contributed by atoms with van der Waals surface area (Å²) >= 11 is 0. The first-order chi connectivity index (χ1) is 6.66. The highest BCUT2D eigenvalue weighted by atomic mass is 16.5.